The van der Waals surface area contributed by atoms with Crippen LogP contribution in [0.5, 0.6) is 0 Å². The zero-order chi connectivity index (χ0) is 22.1. The molecule has 0 radical (unpaired) electrons. The lowest BCUT2D eigenvalue weighted by Gasteiger charge is -2.08. The summed E-state index contributed by atoms with van der Waals surface area (Å²) < 4.78 is 3.27. The first kappa shape index (κ1) is 20.5. The minimum absolute atomic E-state index is 0.262. The number of rotatable bonds is 5. The highest BCUT2D eigenvalue weighted by Gasteiger charge is 2.19. The second kappa shape index (κ2) is 8.18. The first-order chi connectivity index (χ1) is 14.9. The van der Waals surface area contributed by atoms with Crippen LogP contribution < -0.4 is 10.9 Å². The summed E-state index contributed by atoms with van der Waals surface area (Å²) in [5.41, 5.74) is 5.18. The van der Waals surface area contributed by atoms with Crippen molar-refractivity contribution in [2.24, 2.45) is 7.05 Å². The molecular formula is C24H25N5O2. The van der Waals surface area contributed by atoms with E-state index >= 15 is 0 Å². The monoisotopic (exact) mass is 415 g/mol. The Balaban J connectivity index is 1.70. The van der Waals surface area contributed by atoms with Gasteiger partial charge < -0.3 is 5.32 Å². The Kier molecular flexibility index (Phi) is 5.42. The summed E-state index contributed by atoms with van der Waals surface area (Å²) in [5, 5.41) is 2.80. The molecule has 0 spiro atoms. The number of hydrogen-bond donors (Lipinski definition) is 1. The van der Waals surface area contributed by atoms with Crippen molar-refractivity contribution < 1.29 is 4.79 Å². The zero-order valence-corrected chi connectivity index (χ0v) is 18.1. The van der Waals surface area contributed by atoms with Crippen LogP contribution in [-0.4, -0.2) is 25.2 Å². The number of aromatic nitrogens is 4. The lowest BCUT2D eigenvalue weighted by atomic mass is 10.1. The molecule has 7 heteroatoms. The smallest absolute Gasteiger partial charge is 0.295 e. The maximum atomic E-state index is 13.0. The van der Waals surface area contributed by atoms with Crippen LogP contribution >= 0.6 is 0 Å². The molecule has 158 valence electrons. The van der Waals surface area contributed by atoms with E-state index in [9.17, 15) is 9.59 Å². The molecule has 2 heterocycles. The Bertz CT molecular complexity index is 1340. The van der Waals surface area contributed by atoms with E-state index in [4.69, 9.17) is 4.98 Å². The number of fused-ring (bicyclic) bond motifs is 1. The number of amides is 1. The fraction of sp³-hybridized carbons (Fsp3) is 0.250. The van der Waals surface area contributed by atoms with Crippen molar-refractivity contribution in [1.29, 1.82) is 0 Å². The molecule has 4 aromatic rings. The highest BCUT2D eigenvalue weighted by atomic mass is 16.2. The summed E-state index contributed by atoms with van der Waals surface area (Å²) in [5.74, 6) is -0.354. The Labute approximate surface area is 180 Å². The molecule has 1 amide bonds. The van der Waals surface area contributed by atoms with Crippen LogP contribution in [0.15, 0.2) is 53.3 Å². The van der Waals surface area contributed by atoms with Crippen molar-refractivity contribution in [2.75, 3.05) is 5.32 Å². The molecule has 0 unspecified atom stereocenters. The van der Waals surface area contributed by atoms with Crippen molar-refractivity contribution >= 4 is 22.6 Å². The molecule has 0 saturated heterocycles. The predicted molar refractivity (Wildman–Crippen MR) is 122 cm³/mol. The molecule has 2 aromatic carbocycles. The summed E-state index contributed by atoms with van der Waals surface area (Å²) in [4.78, 5) is 35.4. The van der Waals surface area contributed by atoms with E-state index in [2.05, 4.69) is 17.2 Å². The highest BCUT2D eigenvalue weighted by Crippen LogP contribution is 2.19. The van der Waals surface area contributed by atoms with Gasteiger partial charge in [-0.15, -0.1) is 0 Å². The summed E-state index contributed by atoms with van der Waals surface area (Å²) in [7, 11) is 1.79. The van der Waals surface area contributed by atoms with Gasteiger partial charge in [-0.05, 0) is 50.1 Å². The third-order valence-corrected chi connectivity index (χ3v) is 5.54. The summed E-state index contributed by atoms with van der Waals surface area (Å²) in [6, 6.07) is 14.6. The van der Waals surface area contributed by atoms with Gasteiger partial charge in [-0.2, -0.15) is 0 Å². The van der Waals surface area contributed by atoms with E-state index in [0.717, 1.165) is 35.4 Å². The standard InChI is InChI=1S/C24H25N5O2/c1-5-18-19(6-2)26-21-14-16(12-13-20(21)25-18)23(30)27-22-15(3)28(4)29(24(22)31)17-10-8-7-9-11-17/h7-14H,5-6H2,1-4H3,(H,27,30). The number of aryl methyl sites for hydroxylation is 2. The molecule has 0 fully saturated rings. The van der Waals surface area contributed by atoms with Gasteiger partial charge in [0.15, 0.2) is 0 Å². The van der Waals surface area contributed by atoms with Crippen LogP contribution in [0.1, 0.15) is 41.3 Å². The van der Waals surface area contributed by atoms with Crippen LogP contribution in [0.25, 0.3) is 16.7 Å². The molecule has 0 aliphatic rings. The van der Waals surface area contributed by atoms with E-state index < -0.39 is 0 Å². The number of nitrogens with one attached hydrogen (secondary N) is 1. The minimum Gasteiger partial charge on any atom is -0.316 e. The van der Waals surface area contributed by atoms with Crippen molar-refractivity contribution in [3.8, 4) is 5.69 Å². The molecule has 0 aliphatic carbocycles. The number of nitrogens with zero attached hydrogens (tertiary/aromatic N) is 4. The van der Waals surface area contributed by atoms with Crippen LogP contribution in [0.3, 0.4) is 0 Å². The van der Waals surface area contributed by atoms with Crippen LogP contribution in [-0.2, 0) is 19.9 Å². The summed E-state index contributed by atoms with van der Waals surface area (Å²) in [6.07, 6.45) is 1.60. The zero-order valence-electron chi connectivity index (χ0n) is 18.1. The molecule has 0 saturated carbocycles. The fourth-order valence-electron chi connectivity index (χ4n) is 3.73. The van der Waals surface area contributed by atoms with Gasteiger partial charge in [-0.3, -0.25) is 14.3 Å². The maximum absolute atomic E-state index is 13.0. The van der Waals surface area contributed by atoms with Gasteiger partial charge in [0.1, 0.15) is 5.69 Å². The highest BCUT2D eigenvalue weighted by molar-refractivity contribution is 6.06. The van der Waals surface area contributed by atoms with Gasteiger partial charge in [0.25, 0.3) is 11.5 Å². The molecule has 31 heavy (non-hydrogen) atoms. The molecular weight excluding hydrogens is 390 g/mol. The Morgan fingerprint density at radius 3 is 2.26 bits per heavy atom. The maximum Gasteiger partial charge on any atom is 0.295 e. The molecule has 4 rings (SSSR count). The topological polar surface area (TPSA) is 81.8 Å². The third kappa shape index (κ3) is 3.63. The van der Waals surface area contributed by atoms with Crippen molar-refractivity contribution in [3.05, 3.63) is 81.5 Å². The lowest BCUT2D eigenvalue weighted by Crippen LogP contribution is -2.23. The van der Waals surface area contributed by atoms with Crippen molar-refractivity contribution in [3.63, 3.8) is 0 Å². The van der Waals surface area contributed by atoms with E-state index in [1.54, 1.807) is 29.9 Å². The largest absolute Gasteiger partial charge is 0.316 e. The predicted octanol–water partition coefficient (Wildman–Crippen LogP) is 3.80. The molecule has 2 aromatic heterocycles. The van der Waals surface area contributed by atoms with Gasteiger partial charge in [-0.25, -0.2) is 14.6 Å². The van der Waals surface area contributed by atoms with Crippen LogP contribution in [0.2, 0.25) is 0 Å². The number of para-hydroxylation sites is 1. The molecule has 0 aliphatic heterocycles. The number of carbonyl (C=O) groups is 1. The van der Waals surface area contributed by atoms with E-state index in [1.165, 1.54) is 4.68 Å². The number of hydrogen-bond acceptors (Lipinski definition) is 4. The normalized spacial score (nSPS) is 11.1. The Morgan fingerprint density at radius 2 is 1.61 bits per heavy atom. The van der Waals surface area contributed by atoms with Gasteiger partial charge in [0.05, 0.1) is 33.8 Å². The average molecular weight is 415 g/mol. The van der Waals surface area contributed by atoms with Crippen molar-refractivity contribution in [1.82, 2.24) is 19.3 Å². The Morgan fingerprint density at radius 1 is 0.968 bits per heavy atom. The van der Waals surface area contributed by atoms with Gasteiger partial charge in [0, 0.05) is 12.6 Å². The van der Waals surface area contributed by atoms with Gasteiger partial charge in [-0.1, -0.05) is 32.0 Å². The third-order valence-electron chi connectivity index (χ3n) is 5.54. The first-order valence-corrected chi connectivity index (χ1v) is 10.4. The molecule has 1 N–H and O–H groups in total. The second-order valence-electron chi connectivity index (χ2n) is 7.42. The molecule has 7 nitrogen and oxygen atoms in total. The quantitative estimate of drug-likeness (QED) is 0.537. The fourth-order valence-corrected chi connectivity index (χ4v) is 3.73. The Hall–Kier alpha value is -3.74. The van der Waals surface area contributed by atoms with Crippen molar-refractivity contribution in [2.45, 2.75) is 33.6 Å². The SMILES string of the molecule is CCc1nc2ccc(C(=O)Nc3c(C)n(C)n(-c4ccccc4)c3=O)cc2nc1CC. The molecule has 0 atom stereocenters. The average Bonchev–Trinajstić information content (AvgIpc) is 3.01. The minimum atomic E-state index is -0.354. The lowest BCUT2D eigenvalue weighted by molar-refractivity contribution is 0.102. The summed E-state index contributed by atoms with van der Waals surface area (Å²) >= 11 is 0. The van der Waals surface area contributed by atoms with E-state index in [-0.39, 0.29) is 17.2 Å². The first-order valence-electron chi connectivity index (χ1n) is 10.4. The number of anilines is 1. The van der Waals surface area contributed by atoms with Gasteiger partial charge >= 0.3 is 0 Å². The second-order valence-corrected chi connectivity index (χ2v) is 7.42. The molecule has 0 bridgehead atoms. The number of carbonyl (C=O) groups excluding carboxylic acids is 1. The summed E-state index contributed by atoms with van der Waals surface area (Å²) in [6.45, 7) is 5.91. The van der Waals surface area contributed by atoms with E-state index in [0.29, 0.717) is 16.8 Å². The van der Waals surface area contributed by atoms with Gasteiger partial charge in [0.2, 0.25) is 0 Å². The van der Waals surface area contributed by atoms with E-state index in [1.807, 2.05) is 44.2 Å². The number of benzene rings is 2. The van der Waals surface area contributed by atoms with Crippen LogP contribution in [0, 0.1) is 6.92 Å². The van der Waals surface area contributed by atoms with Crippen LogP contribution in [0.4, 0.5) is 5.69 Å².